The zero-order chi connectivity index (χ0) is 18.9. The van der Waals surface area contributed by atoms with E-state index in [1.165, 1.54) is 5.56 Å². The minimum atomic E-state index is -0.202. The van der Waals surface area contributed by atoms with E-state index in [-0.39, 0.29) is 18.4 Å². The van der Waals surface area contributed by atoms with Gasteiger partial charge in [0.15, 0.2) is 0 Å². The Kier molecular flexibility index (Phi) is 7.17. The third kappa shape index (κ3) is 5.60. The summed E-state index contributed by atoms with van der Waals surface area (Å²) in [5.74, 6) is -0.380. The van der Waals surface area contributed by atoms with E-state index < -0.39 is 0 Å². The van der Waals surface area contributed by atoms with E-state index in [2.05, 4.69) is 16.0 Å². The van der Waals surface area contributed by atoms with E-state index >= 15 is 0 Å². The number of aryl methyl sites for hydroxylation is 1. The van der Waals surface area contributed by atoms with Crippen molar-refractivity contribution in [1.29, 1.82) is 0 Å². The fourth-order valence-electron chi connectivity index (χ4n) is 2.43. The number of anilines is 2. The summed E-state index contributed by atoms with van der Waals surface area (Å²) in [5, 5.41) is 8.69. The molecule has 0 atom stereocenters. The van der Waals surface area contributed by atoms with Crippen LogP contribution in [0, 0.1) is 13.8 Å². The molecule has 2 aromatic carbocycles. The molecule has 3 N–H and O–H groups in total. The molecule has 0 radical (unpaired) electrons. The lowest BCUT2D eigenvalue weighted by atomic mass is 10.1. The van der Waals surface area contributed by atoms with E-state index in [0.29, 0.717) is 24.4 Å². The van der Waals surface area contributed by atoms with Crippen molar-refractivity contribution in [3.63, 3.8) is 0 Å². The minimum Gasteiger partial charge on any atom is -0.383 e. The molecule has 0 aliphatic heterocycles. The smallest absolute Gasteiger partial charge is 0.251 e. The van der Waals surface area contributed by atoms with Crippen molar-refractivity contribution in [3.05, 3.63) is 59.2 Å². The van der Waals surface area contributed by atoms with Gasteiger partial charge in [-0.2, -0.15) is 0 Å². The van der Waals surface area contributed by atoms with Crippen LogP contribution < -0.4 is 16.0 Å². The number of carbonyl (C=O) groups excluding carboxylic acids is 2. The van der Waals surface area contributed by atoms with Crippen molar-refractivity contribution < 1.29 is 14.3 Å². The van der Waals surface area contributed by atoms with Crippen LogP contribution in [-0.4, -0.2) is 38.6 Å². The second-order valence-corrected chi connectivity index (χ2v) is 5.98. The largest absolute Gasteiger partial charge is 0.383 e. The fraction of sp³-hybridized carbons (Fsp3) is 0.300. The predicted octanol–water partition coefficient (Wildman–Crippen LogP) is 2.73. The maximum atomic E-state index is 12.2. The van der Waals surface area contributed by atoms with Gasteiger partial charge in [-0.05, 0) is 49.2 Å². The summed E-state index contributed by atoms with van der Waals surface area (Å²) in [6.07, 6.45) is 0. The van der Waals surface area contributed by atoms with Gasteiger partial charge in [0.1, 0.15) is 0 Å². The van der Waals surface area contributed by atoms with Crippen LogP contribution in [0.25, 0.3) is 0 Å². The average molecular weight is 355 g/mol. The third-order valence-electron chi connectivity index (χ3n) is 4.04. The van der Waals surface area contributed by atoms with Crippen LogP contribution in [0.3, 0.4) is 0 Å². The number of carbonyl (C=O) groups is 2. The van der Waals surface area contributed by atoms with Gasteiger partial charge in [-0.25, -0.2) is 0 Å². The molecule has 6 nitrogen and oxygen atoms in total. The molecule has 2 amide bonds. The lowest BCUT2D eigenvalue weighted by molar-refractivity contribution is -0.114. The van der Waals surface area contributed by atoms with Crippen LogP contribution in [0.15, 0.2) is 42.5 Å². The molecule has 0 saturated heterocycles. The van der Waals surface area contributed by atoms with Gasteiger partial charge in [0, 0.05) is 30.6 Å². The Morgan fingerprint density at radius 1 is 1.08 bits per heavy atom. The highest BCUT2D eigenvalue weighted by atomic mass is 16.5. The van der Waals surface area contributed by atoms with Gasteiger partial charge in [0.25, 0.3) is 5.91 Å². The molecule has 0 bridgehead atoms. The Labute approximate surface area is 153 Å². The van der Waals surface area contributed by atoms with Gasteiger partial charge in [-0.1, -0.05) is 18.2 Å². The maximum absolute atomic E-state index is 12.2. The second kappa shape index (κ2) is 9.58. The molecule has 0 spiro atoms. The molecule has 2 aromatic rings. The summed E-state index contributed by atoms with van der Waals surface area (Å²) >= 11 is 0. The Balaban J connectivity index is 1.91. The van der Waals surface area contributed by atoms with E-state index in [4.69, 9.17) is 4.74 Å². The van der Waals surface area contributed by atoms with Crippen molar-refractivity contribution in [2.45, 2.75) is 13.8 Å². The normalized spacial score (nSPS) is 10.3. The topological polar surface area (TPSA) is 79.5 Å². The van der Waals surface area contributed by atoms with E-state index in [9.17, 15) is 9.59 Å². The number of hydrogen-bond acceptors (Lipinski definition) is 4. The summed E-state index contributed by atoms with van der Waals surface area (Å²) in [4.78, 5) is 24.2. The molecule has 6 heteroatoms. The molecule has 0 fully saturated rings. The first-order chi connectivity index (χ1) is 12.5. The Morgan fingerprint density at radius 3 is 2.62 bits per heavy atom. The number of methoxy groups -OCH3 is 1. The highest BCUT2D eigenvalue weighted by Crippen LogP contribution is 2.17. The van der Waals surface area contributed by atoms with Crippen LogP contribution in [0.2, 0.25) is 0 Å². The molecule has 26 heavy (non-hydrogen) atoms. The van der Waals surface area contributed by atoms with Crippen molar-refractivity contribution in [2.75, 3.05) is 37.4 Å². The number of rotatable bonds is 8. The van der Waals surface area contributed by atoms with Gasteiger partial charge < -0.3 is 20.7 Å². The van der Waals surface area contributed by atoms with Gasteiger partial charge in [-0.15, -0.1) is 0 Å². The first-order valence-corrected chi connectivity index (χ1v) is 8.48. The Bertz CT molecular complexity index is 775. The zero-order valence-electron chi connectivity index (χ0n) is 15.4. The van der Waals surface area contributed by atoms with Crippen LogP contribution >= 0.6 is 0 Å². The Morgan fingerprint density at radius 2 is 1.85 bits per heavy atom. The van der Waals surface area contributed by atoms with Gasteiger partial charge >= 0.3 is 0 Å². The summed E-state index contributed by atoms with van der Waals surface area (Å²) in [6.45, 7) is 5.08. The van der Waals surface area contributed by atoms with Crippen molar-refractivity contribution in [2.24, 2.45) is 0 Å². The molecular weight excluding hydrogens is 330 g/mol. The third-order valence-corrected chi connectivity index (χ3v) is 4.04. The highest BCUT2D eigenvalue weighted by molar-refractivity contribution is 5.98. The van der Waals surface area contributed by atoms with Crippen LogP contribution in [0.1, 0.15) is 21.5 Å². The zero-order valence-corrected chi connectivity index (χ0v) is 15.4. The number of amides is 2. The van der Waals surface area contributed by atoms with E-state index in [0.717, 1.165) is 11.3 Å². The van der Waals surface area contributed by atoms with E-state index in [1.807, 2.05) is 32.0 Å². The van der Waals surface area contributed by atoms with Crippen LogP contribution in [-0.2, 0) is 9.53 Å². The lowest BCUT2D eigenvalue weighted by Gasteiger charge is -2.12. The lowest BCUT2D eigenvalue weighted by Crippen LogP contribution is -2.27. The molecular formula is C20H25N3O3. The number of hydrogen-bond donors (Lipinski definition) is 3. The molecule has 0 saturated carbocycles. The van der Waals surface area contributed by atoms with Crippen molar-refractivity contribution in [1.82, 2.24) is 5.32 Å². The van der Waals surface area contributed by atoms with E-state index in [1.54, 1.807) is 31.4 Å². The summed E-state index contributed by atoms with van der Waals surface area (Å²) in [6, 6.07) is 12.8. The van der Waals surface area contributed by atoms with Gasteiger partial charge in [-0.3, -0.25) is 9.59 Å². The molecule has 2 rings (SSSR count). The summed E-state index contributed by atoms with van der Waals surface area (Å²) in [5.41, 5.74) is 4.29. The quantitative estimate of drug-likeness (QED) is 0.636. The molecule has 0 aliphatic rings. The molecule has 0 aliphatic carbocycles. The molecule has 0 unspecified atom stereocenters. The molecule has 0 heterocycles. The standard InChI is InChI=1S/C20H25N3O3/c1-14-6-4-9-18(15(14)2)22-13-19(24)23-17-8-5-7-16(12-17)20(25)21-10-11-26-3/h4-9,12,22H,10-11,13H2,1-3H3,(H,21,25)(H,23,24). The SMILES string of the molecule is COCCNC(=O)c1cccc(NC(=O)CNc2cccc(C)c2C)c1. The average Bonchev–Trinajstić information content (AvgIpc) is 2.63. The molecule has 138 valence electrons. The first-order valence-electron chi connectivity index (χ1n) is 8.48. The minimum absolute atomic E-state index is 0.147. The highest BCUT2D eigenvalue weighted by Gasteiger charge is 2.08. The van der Waals surface area contributed by atoms with Crippen LogP contribution in [0.5, 0.6) is 0 Å². The fourth-order valence-corrected chi connectivity index (χ4v) is 2.43. The summed E-state index contributed by atoms with van der Waals surface area (Å²) in [7, 11) is 1.58. The second-order valence-electron chi connectivity index (χ2n) is 5.98. The number of benzene rings is 2. The van der Waals surface area contributed by atoms with Gasteiger partial charge in [0.2, 0.25) is 5.91 Å². The first kappa shape index (κ1) is 19.5. The van der Waals surface area contributed by atoms with Gasteiger partial charge in [0.05, 0.1) is 13.2 Å². The maximum Gasteiger partial charge on any atom is 0.251 e. The number of nitrogens with one attached hydrogen (secondary N) is 3. The Hall–Kier alpha value is -2.86. The van der Waals surface area contributed by atoms with Crippen LogP contribution in [0.4, 0.5) is 11.4 Å². The monoisotopic (exact) mass is 355 g/mol. The van der Waals surface area contributed by atoms with Crippen molar-refractivity contribution >= 4 is 23.2 Å². The van der Waals surface area contributed by atoms with Crippen molar-refractivity contribution in [3.8, 4) is 0 Å². The summed E-state index contributed by atoms with van der Waals surface area (Å²) < 4.78 is 4.90. The molecule has 0 aromatic heterocycles. The predicted molar refractivity (Wildman–Crippen MR) is 104 cm³/mol. The number of ether oxygens (including phenoxy) is 1.